The third-order valence-corrected chi connectivity index (χ3v) is 5.59. The van der Waals surface area contributed by atoms with Crippen molar-refractivity contribution >= 4 is 17.5 Å². The van der Waals surface area contributed by atoms with Gasteiger partial charge in [0.25, 0.3) is 11.8 Å². The number of amides is 2. The Morgan fingerprint density at radius 1 is 1.03 bits per heavy atom. The molecule has 1 atom stereocenters. The average molecular weight is 415 g/mol. The zero-order valence-electron chi connectivity index (χ0n) is 17.5. The fourth-order valence-electron chi connectivity index (χ4n) is 3.96. The lowest BCUT2D eigenvalue weighted by atomic mass is 9.95. The molecule has 0 radical (unpaired) electrons. The Bertz CT molecular complexity index is 1050. The zero-order valence-corrected chi connectivity index (χ0v) is 17.5. The third kappa shape index (κ3) is 4.58. The molecular formula is C25H25N3O3. The van der Waals surface area contributed by atoms with Gasteiger partial charge in [0.15, 0.2) is 0 Å². The molecule has 2 heterocycles. The zero-order chi connectivity index (χ0) is 21.6. The predicted octanol–water partition coefficient (Wildman–Crippen LogP) is 4.71. The van der Waals surface area contributed by atoms with E-state index in [0.29, 0.717) is 29.1 Å². The van der Waals surface area contributed by atoms with Gasteiger partial charge in [-0.05, 0) is 67.3 Å². The number of nitrogens with zero attached hydrogens (tertiary/aromatic N) is 2. The van der Waals surface area contributed by atoms with Crippen molar-refractivity contribution in [1.29, 1.82) is 0 Å². The van der Waals surface area contributed by atoms with Crippen LogP contribution < -0.4 is 10.1 Å². The summed E-state index contributed by atoms with van der Waals surface area (Å²) in [5, 5.41) is 2.90. The van der Waals surface area contributed by atoms with Crippen LogP contribution in [0.4, 0.5) is 5.69 Å². The Morgan fingerprint density at radius 3 is 2.58 bits per heavy atom. The Labute approximate surface area is 181 Å². The van der Waals surface area contributed by atoms with Crippen LogP contribution in [-0.2, 0) is 0 Å². The highest BCUT2D eigenvalue weighted by Crippen LogP contribution is 2.33. The summed E-state index contributed by atoms with van der Waals surface area (Å²) in [5.41, 5.74) is 2.52. The van der Waals surface area contributed by atoms with Crippen molar-refractivity contribution in [2.75, 3.05) is 19.0 Å². The summed E-state index contributed by atoms with van der Waals surface area (Å²) in [6.45, 7) is 0.680. The number of hydrogen-bond acceptors (Lipinski definition) is 4. The maximum absolute atomic E-state index is 13.5. The number of ether oxygens (including phenoxy) is 1. The summed E-state index contributed by atoms with van der Waals surface area (Å²) in [7, 11) is 1.58. The molecule has 1 N–H and O–H groups in total. The summed E-state index contributed by atoms with van der Waals surface area (Å²) in [5.74, 6) is 0.322. The van der Waals surface area contributed by atoms with Crippen molar-refractivity contribution in [2.24, 2.45) is 0 Å². The van der Waals surface area contributed by atoms with Crippen LogP contribution >= 0.6 is 0 Å². The molecule has 0 spiro atoms. The van der Waals surface area contributed by atoms with Gasteiger partial charge < -0.3 is 15.0 Å². The number of piperidine rings is 1. The van der Waals surface area contributed by atoms with Crippen molar-refractivity contribution in [1.82, 2.24) is 9.88 Å². The van der Waals surface area contributed by atoms with Gasteiger partial charge in [-0.1, -0.05) is 18.2 Å². The van der Waals surface area contributed by atoms with Crippen LogP contribution in [0, 0.1) is 0 Å². The number of pyridine rings is 1. The number of nitrogens with one attached hydrogen (secondary N) is 1. The summed E-state index contributed by atoms with van der Waals surface area (Å²) < 4.78 is 5.15. The van der Waals surface area contributed by atoms with Gasteiger partial charge in [-0.25, -0.2) is 0 Å². The second kappa shape index (κ2) is 9.43. The number of likely N-dealkylation sites (tertiary alicyclic amines) is 1. The van der Waals surface area contributed by atoms with Gasteiger partial charge >= 0.3 is 0 Å². The molecule has 31 heavy (non-hydrogen) atoms. The van der Waals surface area contributed by atoms with E-state index in [0.717, 1.165) is 24.8 Å². The van der Waals surface area contributed by atoms with E-state index >= 15 is 0 Å². The second-order valence-corrected chi connectivity index (χ2v) is 7.52. The van der Waals surface area contributed by atoms with Crippen LogP contribution in [0.15, 0.2) is 73.1 Å². The van der Waals surface area contributed by atoms with Crippen LogP contribution in [0.1, 0.15) is 51.6 Å². The van der Waals surface area contributed by atoms with E-state index in [-0.39, 0.29) is 17.9 Å². The topological polar surface area (TPSA) is 71.5 Å². The van der Waals surface area contributed by atoms with E-state index < -0.39 is 0 Å². The number of aromatic nitrogens is 1. The molecule has 0 bridgehead atoms. The maximum Gasteiger partial charge on any atom is 0.256 e. The molecular weight excluding hydrogens is 390 g/mol. The van der Waals surface area contributed by atoms with Crippen molar-refractivity contribution in [3.05, 3.63) is 89.7 Å². The first-order valence-corrected chi connectivity index (χ1v) is 10.4. The van der Waals surface area contributed by atoms with Gasteiger partial charge in [0, 0.05) is 24.5 Å². The van der Waals surface area contributed by atoms with E-state index in [1.54, 1.807) is 49.7 Å². The molecule has 1 fully saturated rings. The van der Waals surface area contributed by atoms with Crippen LogP contribution in [0.5, 0.6) is 5.75 Å². The molecule has 0 unspecified atom stereocenters. The first-order chi connectivity index (χ1) is 15.2. The van der Waals surface area contributed by atoms with Gasteiger partial charge in [0.1, 0.15) is 5.75 Å². The molecule has 158 valence electrons. The molecule has 1 aliphatic heterocycles. The van der Waals surface area contributed by atoms with Crippen molar-refractivity contribution in [2.45, 2.75) is 25.3 Å². The van der Waals surface area contributed by atoms with Crippen molar-refractivity contribution < 1.29 is 14.3 Å². The molecule has 3 aromatic rings. The Balaban J connectivity index is 1.58. The number of benzene rings is 2. The number of anilines is 1. The summed E-state index contributed by atoms with van der Waals surface area (Å²) >= 11 is 0. The van der Waals surface area contributed by atoms with Crippen LogP contribution in [0.25, 0.3) is 0 Å². The number of carbonyl (C=O) groups is 2. The number of carbonyl (C=O) groups excluding carboxylic acids is 2. The summed E-state index contributed by atoms with van der Waals surface area (Å²) in [6.07, 6.45) is 6.50. The molecule has 2 amide bonds. The highest BCUT2D eigenvalue weighted by Gasteiger charge is 2.30. The number of hydrogen-bond donors (Lipinski definition) is 1. The van der Waals surface area contributed by atoms with Gasteiger partial charge in [-0.15, -0.1) is 0 Å². The summed E-state index contributed by atoms with van der Waals surface area (Å²) in [6, 6.07) is 17.9. The molecule has 4 rings (SSSR count). The van der Waals surface area contributed by atoms with Crippen LogP contribution in [0.2, 0.25) is 0 Å². The molecule has 6 heteroatoms. The quantitative estimate of drug-likeness (QED) is 0.655. The van der Waals surface area contributed by atoms with E-state index in [9.17, 15) is 9.59 Å². The molecule has 0 saturated carbocycles. The largest absolute Gasteiger partial charge is 0.497 e. The predicted molar refractivity (Wildman–Crippen MR) is 119 cm³/mol. The van der Waals surface area contributed by atoms with E-state index in [4.69, 9.17) is 4.74 Å². The number of para-hydroxylation sites is 1. The van der Waals surface area contributed by atoms with Crippen molar-refractivity contribution in [3.8, 4) is 5.75 Å². The van der Waals surface area contributed by atoms with Gasteiger partial charge in [0.05, 0.1) is 24.4 Å². The molecule has 1 aliphatic rings. The number of methoxy groups -OCH3 is 1. The molecule has 0 aliphatic carbocycles. The fraction of sp³-hybridized carbons (Fsp3) is 0.240. The highest BCUT2D eigenvalue weighted by molar-refractivity contribution is 6.09. The standard InChI is InChI=1S/C25H25N3O3/c1-31-20-13-11-18(12-14-20)24(29)27-22-9-3-2-8-21(22)25(30)28-16-5-4-10-23(28)19-7-6-15-26-17-19/h2-3,6-9,11-15,17,23H,4-5,10,16H2,1H3,(H,27,29)/t23-/m1/s1. The average Bonchev–Trinajstić information content (AvgIpc) is 2.84. The normalized spacial score (nSPS) is 15.9. The minimum atomic E-state index is -0.273. The smallest absolute Gasteiger partial charge is 0.256 e. The monoisotopic (exact) mass is 415 g/mol. The van der Waals surface area contributed by atoms with Crippen LogP contribution in [0.3, 0.4) is 0 Å². The Kier molecular flexibility index (Phi) is 6.26. The highest BCUT2D eigenvalue weighted by atomic mass is 16.5. The Morgan fingerprint density at radius 2 is 1.84 bits per heavy atom. The van der Waals surface area contributed by atoms with E-state index in [1.807, 2.05) is 35.4 Å². The van der Waals surface area contributed by atoms with Gasteiger partial charge in [0.2, 0.25) is 0 Å². The minimum absolute atomic E-state index is 0.0136. The van der Waals surface area contributed by atoms with Crippen LogP contribution in [-0.4, -0.2) is 35.4 Å². The fourth-order valence-corrected chi connectivity index (χ4v) is 3.96. The first kappa shape index (κ1) is 20.6. The Hall–Kier alpha value is -3.67. The van der Waals surface area contributed by atoms with E-state index in [1.165, 1.54) is 0 Å². The SMILES string of the molecule is COc1ccc(C(=O)Nc2ccccc2C(=O)N2CCCC[C@@H]2c2cccnc2)cc1. The van der Waals surface area contributed by atoms with E-state index in [2.05, 4.69) is 10.3 Å². The lowest BCUT2D eigenvalue weighted by Crippen LogP contribution is -2.39. The molecule has 6 nitrogen and oxygen atoms in total. The minimum Gasteiger partial charge on any atom is -0.497 e. The lowest BCUT2D eigenvalue weighted by molar-refractivity contribution is 0.0612. The van der Waals surface area contributed by atoms with Gasteiger partial charge in [-0.2, -0.15) is 0 Å². The molecule has 1 aromatic heterocycles. The van der Waals surface area contributed by atoms with Crippen molar-refractivity contribution in [3.63, 3.8) is 0 Å². The third-order valence-electron chi connectivity index (χ3n) is 5.59. The molecule has 2 aromatic carbocycles. The summed E-state index contributed by atoms with van der Waals surface area (Å²) in [4.78, 5) is 32.4. The van der Waals surface area contributed by atoms with Gasteiger partial charge in [-0.3, -0.25) is 14.6 Å². The lowest BCUT2D eigenvalue weighted by Gasteiger charge is -2.36. The second-order valence-electron chi connectivity index (χ2n) is 7.52. The maximum atomic E-state index is 13.5. The number of rotatable bonds is 5. The first-order valence-electron chi connectivity index (χ1n) is 10.4. The molecule has 1 saturated heterocycles.